The zero-order chi connectivity index (χ0) is 15.5. The molecule has 0 aliphatic carbocycles. The number of piperidine rings is 1. The van der Waals surface area contributed by atoms with Crippen LogP contribution in [0.15, 0.2) is 30.3 Å². The van der Waals surface area contributed by atoms with Crippen molar-refractivity contribution in [1.82, 2.24) is 15.5 Å². The van der Waals surface area contributed by atoms with E-state index in [9.17, 15) is 9.59 Å². The highest BCUT2D eigenvalue weighted by Gasteiger charge is 2.33. The van der Waals surface area contributed by atoms with Crippen LogP contribution < -0.4 is 10.6 Å². The van der Waals surface area contributed by atoms with E-state index in [1.165, 1.54) is 0 Å². The second-order valence-electron chi connectivity index (χ2n) is 6.24. The molecule has 22 heavy (non-hydrogen) atoms. The van der Waals surface area contributed by atoms with Gasteiger partial charge >= 0.3 is 6.03 Å². The minimum atomic E-state index is -0.149. The molecule has 2 aliphatic heterocycles. The number of carbonyl (C=O) groups excluding carboxylic acids is 2. The van der Waals surface area contributed by atoms with Crippen LogP contribution in [0.2, 0.25) is 0 Å². The van der Waals surface area contributed by atoms with Crippen LogP contribution in [-0.4, -0.2) is 35.5 Å². The maximum absolute atomic E-state index is 12.5. The Kier molecular flexibility index (Phi) is 4.32. The van der Waals surface area contributed by atoms with Crippen molar-refractivity contribution in [2.75, 3.05) is 6.54 Å². The molecular formula is C17H23N3O2. The summed E-state index contributed by atoms with van der Waals surface area (Å²) in [5.41, 5.74) is 1.04. The van der Waals surface area contributed by atoms with Crippen LogP contribution in [0.5, 0.6) is 0 Å². The van der Waals surface area contributed by atoms with Gasteiger partial charge in [0.1, 0.15) is 0 Å². The standard InChI is InChI=1S/C17H23N3O2/c1-12-6-5-11-20(12)17(22)18-14-9-10-15(21)19-16(14)13-7-3-2-4-8-13/h2-4,7-8,12,14,16H,5-6,9-11H2,1H3,(H,18,22)(H,19,21)/t12?,14-,16+/m1/s1. The molecule has 2 aliphatic rings. The lowest BCUT2D eigenvalue weighted by Crippen LogP contribution is -2.53. The summed E-state index contributed by atoms with van der Waals surface area (Å²) in [6.45, 7) is 2.91. The SMILES string of the molecule is CC1CCCN1C(=O)N[C@@H]1CCC(=O)N[C@H]1c1ccccc1. The maximum atomic E-state index is 12.5. The molecule has 0 radical (unpaired) electrons. The summed E-state index contributed by atoms with van der Waals surface area (Å²) in [4.78, 5) is 26.1. The van der Waals surface area contributed by atoms with Crippen molar-refractivity contribution in [3.8, 4) is 0 Å². The summed E-state index contributed by atoms with van der Waals surface area (Å²) in [6, 6.07) is 9.94. The third kappa shape index (κ3) is 3.08. The number of rotatable bonds is 2. The van der Waals surface area contributed by atoms with Gasteiger partial charge in [0.2, 0.25) is 5.91 Å². The minimum Gasteiger partial charge on any atom is -0.347 e. The number of hydrogen-bond acceptors (Lipinski definition) is 2. The lowest BCUT2D eigenvalue weighted by molar-refractivity contribution is -0.123. The van der Waals surface area contributed by atoms with Crippen molar-refractivity contribution in [2.24, 2.45) is 0 Å². The Labute approximate surface area is 131 Å². The fourth-order valence-electron chi connectivity index (χ4n) is 3.41. The molecule has 0 aromatic heterocycles. The third-order valence-corrected chi connectivity index (χ3v) is 4.68. The summed E-state index contributed by atoms with van der Waals surface area (Å²) in [6.07, 6.45) is 3.28. The molecule has 118 valence electrons. The number of urea groups is 1. The fraction of sp³-hybridized carbons (Fsp3) is 0.529. The molecule has 5 nitrogen and oxygen atoms in total. The highest BCUT2D eigenvalue weighted by atomic mass is 16.2. The number of nitrogens with zero attached hydrogens (tertiary/aromatic N) is 1. The van der Waals surface area contributed by atoms with Crippen molar-refractivity contribution in [3.05, 3.63) is 35.9 Å². The average Bonchev–Trinajstić information content (AvgIpc) is 2.96. The second kappa shape index (κ2) is 6.38. The first-order chi connectivity index (χ1) is 10.6. The van der Waals surface area contributed by atoms with E-state index >= 15 is 0 Å². The molecule has 2 N–H and O–H groups in total. The van der Waals surface area contributed by atoms with Gasteiger partial charge in [0.05, 0.1) is 12.1 Å². The summed E-state index contributed by atoms with van der Waals surface area (Å²) in [7, 11) is 0. The molecule has 2 heterocycles. The number of nitrogens with one attached hydrogen (secondary N) is 2. The number of hydrogen-bond donors (Lipinski definition) is 2. The predicted molar refractivity (Wildman–Crippen MR) is 84.3 cm³/mol. The van der Waals surface area contributed by atoms with E-state index in [0.29, 0.717) is 18.9 Å². The van der Waals surface area contributed by atoms with E-state index in [4.69, 9.17) is 0 Å². The summed E-state index contributed by atoms with van der Waals surface area (Å²) in [5, 5.41) is 6.15. The predicted octanol–water partition coefficient (Wildman–Crippen LogP) is 2.20. The van der Waals surface area contributed by atoms with Crippen LogP contribution in [0, 0.1) is 0 Å². The van der Waals surface area contributed by atoms with E-state index in [2.05, 4.69) is 17.6 Å². The molecule has 3 amide bonds. The number of amides is 3. The van der Waals surface area contributed by atoms with E-state index in [1.54, 1.807) is 0 Å². The molecule has 2 saturated heterocycles. The smallest absolute Gasteiger partial charge is 0.317 e. The summed E-state index contributed by atoms with van der Waals surface area (Å²) >= 11 is 0. The van der Waals surface area contributed by atoms with Crippen LogP contribution >= 0.6 is 0 Å². The molecule has 2 fully saturated rings. The molecule has 1 aromatic rings. The largest absolute Gasteiger partial charge is 0.347 e. The van der Waals surface area contributed by atoms with Gasteiger partial charge in [-0.25, -0.2) is 4.79 Å². The van der Waals surface area contributed by atoms with Crippen molar-refractivity contribution in [1.29, 1.82) is 0 Å². The van der Waals surface area contributed by atoms with Gasteiger partial charge in [-0.1, -0.05) is 30.3 Å². The van der Waals surface area contributed by atoms with Gasteiger partial charge in [-0.05, 0) is 31.7 Å². The van der Waals surface area contributed by atoms with Gasteiger partial charge in [-0.3, -0.25) is 4.79 Å². The molecule has 3 atom stereocenters. The zero-order valence-electron chi connectivity index (χ0n) is 12.9. The Morgan fingerprint density at radius 1 is 1.27 bits per heavy atom. The van der Waals surface area contributed by atoms with Gasteiger partial charge in [-0.15, -0.1) is 0 Å². The number of carbonyl (C=O) groups is 2. The summed E-state index contributed by atoms with van der Waals surface area (Å²) < 4.78 is 0. The number of benzene rings is 1. The molecular weight excluding hydrogens is 278 g/mol. The Balaban J connectivity index is 1.72. The first-order valence-electron chi connectivity index (χ1n) is 8.06. The molecule has 3 rings (SSSR count). The molecule has 1 unspecified atom stereocenters. The maximum Gasteiger partial charge on any atom is 0.317 e. The van der Waals surface area contributed by atoms with Crippen LogP contribution in [0.25, 0.3) is 0 Å². The van der Waals surface area contributed by atoms with Gasteiger partial charge < -0.3 is 15.5 Å². The van der Waals surface area contributed by atoms with Crippen LogP contribution in [0.1, 0.15) is 44.2 Å². The third-order valence-electron chi connectivity index (χ3n) is 4.68. The monoisotopic (exact) mass is 301 g/mol. The molecule has 5 heteroatoms. The Hall–Kier alpha value is -2.04. The Bertz CT molecular complexity index is 546. The van der Waals surface area contributed by atoms with Crippen molar-refractivity contribution < 1.29 is 9.59 Å². The van der Waals surface area contributed by atoms with E-state index in [-0.39, 0.29) is 24.0 Å². The minimum absolute atomic E-state index is 0.00733. The quantitative estimate of drug-likeness (QED) is 0.879. The Morgan fingerprint density at radius 2 is 2.05 bits per heavy atom. The number of likely N-dealkylation sites (tertiary alicyclic amines) is 1. The van der Waals surface area contributed by atoms with E-state index < -0.39 is 0 Å². The normalized spacial score (nSPS) is 28.3. The van der Waals surface area contributed by atoms with Gasteiger partial charge in [-0.2, -0.15) is 0 Å². The highest BCUT2D eigenvalue weighted by Crippen LogP contribution is 2.25. The van der Waals surface area contributed by atoms with E-state index in [0.717, 1.165) is 24.9 Å². The van der Waals surface area contributed by atoms with Crippen LogP contribution in [0.4, 0.5) is 4.79 Å². The first-order valence-corrected chi connectivity index (χ1v) is 8.06. The van der Waals surface area contributed by atoms with Gasteiger partial charge in [0.25, 0.3) is 0 Å². The lowest BCUT2D eigenvalue weighted by atomic mass is 9.92. The fourth-order valence-corrected chi connectivity index (χ4v) is 3.41. The zero-order valence-corrected chi connectivity index (χ0v) is 12.9. The van der Waals surface area contributed by atoms with Crippen molar-refractivity contribution in [3.63, 3.8) is 0 Å². The summed E-state index contributed by atoms with van der Waals surface area (Å²) in [5.74, 6) is 0.0499. The lowest BCUT2D eigenvalue weighted by Gasteiger charge is -2.35. The van der Waals surface area contributed by atoms with Gasteiger partial charge in [0.15, 0.2) is 0 Å². The van der Waals surface area contributed by atoms with Gasteiger partial charge in [0, 0.05) is 19.0 Å². The van der Waals surface area contributed by atoms with Crippen LogP contribution in [-0.2, 0) is 4.79 Å². The second-order valence-corrected chi connectivity index (χ2v) is 6.24. The topological polar surface area (TPSA) is 61.4 Å². The van der Waals surface area contributed by atoms with E-state index in [1.807, 2.05) is 35.2 Å². The molecule has 0 bridgehead atoms. The Morgan fingerprint density at radius 3 is 2.73 bits per heavy atom. The molecule has 1 aromatic carbocycles. The van der Waals surface area contributed by atoms with Crippen molar-refractivity contribution >= 4 is 11.9 Å². The molecule has 0 saturated carbocycles. The van der Waals surface area contributed by atoms with Crippen molar-refractivity contribution in [2.45, 2.75) is 50.7 Å². The average molecular weight is 301 g/mol. The van der Waals surface area contributed by atoms with Crippen LogP contribution in [0.3, 0.4) is 0 Å². The first kappa shape index (κ1) is 14.9. The highest BCUT2D eigenvalue weighted by molar-refractivity contribution is 5.79. The molecule has 0 spiro atoms.